The second-order valence-corrected chi connectivity index (χ2v) is 2.95. The van der Waals surface area contributed by atoms with Crippen LogP contribution < -0.4 is 11.0 Å². The van der Waals surface area contributed by atoms with Gasteiger partial charge in [0.2, 0.25) is 11.0 Å². The number of fused-ring (bicyclic) bond motifs is 1. The van der Waals surface area contributed by atoms with Crippen LogP contribution in [0.3, 0.4) is 0 Å². The molecule has 0 saturated heterocycles. The summed E-state index contributed by atoms with van der Waals surface area (Å²) >= 11 is 0. The maximum atomic E-state index is 11.6. The molecule has 0 aliphatic heterocycles. The zero-order valence-electron chi connectivity index (χ0n) is 7.40. The standard InChI is InChI=1S/C9H6N2O4/c12-6-2-1-5-7(11-6)8(13)4(3-10-5)9(14)15/h1-3H,(H,10,13)(H,11,12)(H,14,15). The lowest BCUT2D eigenvalue weighted by Gasteiger charge is -1.98. The number of H-pyrrole nitrogens is 2. The first kappa shape index (κ1) is 9.20. The van der Waals surface area contributed by atoms with Gasteiger partial charge < -0.3 is 15.1 Å². The van der Waals surface area contributed by atoms with E-state index in [1.165, 1.54) is 12.1 Å². The number of aromatic nitrogens is 2. The van der Waals surface area contributed by atoms with Crippen LogP contribution in [-0.4, -0.2) is 21.0 Å². The molecule has 2 aromatic heterocycles. The second-order valence-electron chi connectivity index (χ2n) is 2.95. The minimum atomic E-state index is -1.33. The summed E-state index contributed by atoms with van der Waals surface area (Å²) in [6.07, 6.45) is 1.10. The van der Waals surface area contributed by atoms with Crippen LogP contribution in [0.5, 0.6) is 0 Å². The third-order valence-electron chi connectivity index (χ3n) is 1.99. The summed E-state index contributed by atoms with van der Waals surface area (Å²) in [5, 5.41) is 8.68. The molecule has 0 amide bonds. The molecule has 0 aliphatic carbocycles. The highest BCUT2D eigenvalue weighted by Gasteiger charge is 2.11. The van der Waals surface area contributed by atoms with Crippen molar-refractivity contribution in [3.05, 3.63) is 44.5 Å². The lowest BCUT2D eigenvalue weighted by Crippen LogP contribution is -2.18. The minimum absolute atomic E-state index is 0.0256. The minimum Gasteiger partial charge on any atom is -0.477 e. The molecule has 6 heteroatoms. The molecule has 15 heavy (non-hydrogen) atoms. The molecule has 0 spiro atoms. The van der Waals surface area contributed by atoms with Gasteiger partial charge in [-0.1, -0.05) is 0 Å². The highest BCUT2D eigenvalue weighted by atomic mass is 16.4. The number of hydrogen-bond donors (Lipinski definition) is 3. The van der Waals surface area contributed by atoms with Crippen LogP contribution in [0.25, 0.3) is 11.0 Å². The lowest BCUT2D eigenvalue weighted by atomic mass is 10.2. The SMILES string of the molecule is O=C(O)c1c[nH]c2ccc(=O)[nH]c2c1=O. The normalized spacial score (nSPS) is 10.4. The molecule has 0 fully saturated rings. The van der Waals surface area contributed by atoms with E-state index in [1.807, 2.05) is 0 Å². The Hall–Kier alpha value is -2.37. The predicted octanol–water partition coefficient (Wildman–Crippen LogP) is -0.0854. The molecular weight excluding hydrogens is 200 g/mol. The highest BCUT2D eigenvalue weighted by Crippen LogP contribution is 2.01. The quantitative estimate of drug-likeness (QED) is 0.606. The Balaban J connectivity index is 2.95. The Morgan fingerprint density at radius 1 is 1.27 bits per heavy atom. The number of carbonyl (C=O) groups is 1. The molecule has 2 rings (SSSR count). The highest BCUT2D eigenvalue weighted by molar-refractivity contribution is 5.90. The van der Waals surface area contributed by atoms with Crippen molar-refractivity contribution in [1.29, 1.82) is 0 Å². The number of hydrogen-bond acceptors (Lipinski definition) is 3. The van der Waals surface area contributed by atoms with Crippen molar-refractivity contribution in [3.8, 4) is 0 Å². The molecule has 0 bridgehead atoms. The number of nitrogens with one attached hydrogen (secondary N) is 2. The number of aromatic amines is 2. The van der Waals surface area contributed by atoms with E-state index in [0.717, 1.165) is 6.20 Å². The number of carboxylic acids is 1. The van der Waals surface area contributed by atoms with Crippen LogP contribution in [-0.2, 0) is 0 Å². The van der Waals surface area contributed by atoms with Crippen molar-refractivity contribution in [1.82, 2.24) is 9.97 Å². The predicted molar refractivity (Wildman–Crippen MR) is 52.1 cm³/mol. The summed E-state index contributed by atoms with van der Waals surface area (Å²) in [6, 6.07) is 2.67. The molecule has 0 atom stereocenters. The first-order valence-corrected chi connectivity index (χ1v) is 4.07. The van der Waals surface area contributed by atoms with Gasteiger partial charge in [0.1, 0.15) is 11.1 Å². The fraction of sp³-hybridized carbons (Fsp3) is 0. The zero-order valence-corrected chi connectivity index (χ0v) is 7.40. The van der Waals surface area contributed by atoms with Gasteiger partial charge in [-0.3, -0.25) is 9.59 Å². The first-order chi connectivity index (χ1) is 7.09. The van der Waals surface area contributed by atoms with Gasteiger partial charge in [0.05, 0.1) is 5.52 Å². The topological polar surface area (TPSA) is 103 Å². The summed E-state index contributed by atoms with van der Waals surface area (Å²) in [6.45, 7) is 0. The van der Waals surface area contributed by atoms with E-state index in [1.54, 1.807) is 0 Å². The Morgan fingerprint density at radius 3 is 2.67 bits per heavy atom. The van der Waals surface area contributed by atoms with Crippen molar-refractivity contribution in [2.24, 2.45) is 0 Å². The Kier molecular flexibility index (Phi) is 1.89. The first-order valence-electron chi connectivity index (χ1n) is 4.07. The molecule has 0 aromatic carbocycles. The summed E-state index contributed by atoms with van der Waals surface area (Å²) < 4.78 is 0. The Bertz CT molecular complexity index is 653. The second kappa shape index (κ2) is 3.09. The van der Waals surface area contributed by atoms with Crippen molar-refractivity contribution in [2.45, 2.75) is 0 Å². The molecular formula is C9H6N2O4. The summed E-state index contributed by atoms with van der Waals surface area (Å²) in [7, 11) is 0. The van der Waals surface area contributed by atoms with Crippen LogP contribution in [0.1, 0.15) is 10.4 Å². The molecule has 0 aliphatic rings. The number of aromatic carboxylic acids is 1. The fourth-order valence-electron chi connectivity index (χ4n) is 1.28. The van der Waals surface area contributed by atoms with Crippen LogP contribution in [0.15, 0.2) is 27.9 Å². The molecule has 0 unspecified atom stereocenters. The summed E-state index contributed by atoms with van der Waals surface area (Å²) in [5.41, 5.74) is -1.18. The Morgan fingerprint density at radius 2 is 2.00 bits per heavy atom. The van der Waals surface area contributed by atoms with Crippen LogP contribution >= 0.6 is 0 Å². The van der Waals surface area contributed by atoms with Gasteiger partial charge in [-0.2, -0.15) is 0 Å². The molecule has 3 N–H and O–H groups in total. The maximum Gasteiger partial charge on any atom is 0.341 e. The third-order valence-corrected chi connectivity index (χ3v) is 1.99. The zero-order chi connectivity index (χ0) is 11.0. The van der Waals surface area contributed by atoms with Gasteiger partial charge in [0, 0.05) is 12.3 Å². The van der Waals surface area contributed by atoms with Crippen LogP contribution in [0, 0.1) is 0 Å². The van der Waals surface area contributed by atoms with E-state index in [0.29, 0.717) is 5.52 Å². The number of rotatable bonds is 1. The molecule has 2 heterocycles. The smallest absolute Gasteiger partial charge is 0.341 e. The average Bonchev–Trinajstić information content (AvgIpc) is 2.19. The Labute approximate surface area is 82.2 Å². The number of pyridine rings is 2. The summed E-state index contributed by atoms with van der Waals surface area (Å²) in [4.78, 5) is 38.1. The van der Waals surface area contributed by atoms with Gasteiger partial charge in [-0.15, -0.1) is 0 Å². The van der Waals surface area contributed by atoms with E-state index in [4.69, 9.17) is 5.11 Å². The average molecular weight is 206 g/mol. The van der Waals surface area contributed by atoms with E-state index in [-0.39, 0.29) is 5.52 Å². The van der Waals surface area contributed by atoms with E-state index in [9.17, 15) is 14.4 Å². The van der Waals surface area contributed by atoms with Gasteiger partial charge in [0.15, 0.2) is 0 Å². The van der Waals surface area contributed by atoms with E-state index < -0.39 is 22.5 Å². The molecule has 6 nitrogen and oxygen atoms in total. The molecule has 2 aromatic rings. The van der Waals surface area contributed by atoms with Gasteiger partial charge >= 0.3 is 5.97 Å². The van der Waals surface area contributed by atoms with E-state index in [2.05, 4.69) is 9.97 Å². The van der Waals surface area contributed by atoms with Crippen molar-refractivity contribution in [2.75, 3.05) is 0 Å². The van der Waals surface area contributed by atoms with E-state index >= 15 is 0 Å². The van der Waals surface area contributed by atoms with Crippen molar-refractivity contribution >= 4 is 17.0 Å². The molecule has 76 valence electrons. The monoisotopic (exact) mass is 206 g/mol. The van der Waals surface area contributed by atoms with Gasteiger partial charge in [0.25, 0.3) is 0 Å². The molecule has 0 radical (unpaired) electrons. The number of carboxylic acid groups (broad SMARTS) is 1. The summed E-state index contributed by atoms with van der Waals surface area (Å²) in [5.74, 6) is -1.33. The van der Waals surface area contributed by atoms with Crippen LogP contribution in [0.2, 0.25) is 0 Å². The third kappa shape index (κ3) is 1.41. The van der Waals surface area contributed by atoms with Gasteiger partial charge in [-0.25, -0.2) is 4.79 Å². The molecule has 0 saturated carbocycles. The van der Waals surface area contributed by atoms with Gasteiger partial charge in [-0.05, 0) is 6.07 Å². The largest absolute Gasteiger partial charge is 0.477 e. The van der Waals surface area contributed by atoms with Crippen molar-refractivity contribution < 1.29 is 9.90 Å². The lowest BCUT2D eigenvalue weighted by molar-refractivity contribution is 0.0695. The maximum absolute atomic E-state index is 11.6. The van der Waals surface area contributed by atoms with Crippen molar-refractivity contribution in [3.63, 3.8) is 0 Å². The van der Waals surface area contributed by atoms with Crippen LogP contribution in [0.4, 0.5) is 0 Å². The fourth-order valence-corrected chi connectivity index (χ4v) is 1.28.